The van der Waals surface area contributed by atoms with E-state index in [1.54, 1.807) is 18.3 Å². The molecule has 37 heavy (non-hydrogen) atoms. The molecule has 0 saturated carbocycles. The van der Waals surface area contributed by atoms with Crippen LogP contribution in [-0.2, 0) is 24.9 Å². The molecule has 197 valence electrons. The molecule has 0 bridgehead atoms. The predicted molar refractivity (Wildman–Crippen MR) is 148 cm³/mol. The van der Waals surface area contributed by atoms with Gasteiger partial charge in [0, 0.05) is 48.6 Å². The van der Waals surface area contributed by atoms with Crippen molar-refractivity contribution in [1.29, 1.82) is 0 Å². The van der Waals surface area contributed by atoms with Crippen molar-refractivity contribution in [3.63, 3.8) is 0 Å². The van der Waals surface area contributed by atoms with Gasteiger partial charge in [0.15, 0.2) is 5.78 Å². The van der Waals surface area contributed by atoms with Crippen LogP contribution in [0.4, 0.5) is 4.39 Å². The summed E-state index contributed by atoms with van der Waals surface area (Å²) in [5.74, 6) is -0.112. The maximum atomic E-state index is 14.5. The zero-order valence-corrected chi connectivity index (χ0v) is 25.2. The minimum Gasteiger partial charge on any atom is -0.512 e. The van der Waals surface area contributed by atoms with Crippen molar-refractivity contribution in [3.05, 3.63) is 89.6 Å². The summed E-state index contributed by atoms with van der Waals surface area (Å²) < 4.78 is 14.5. The first-order valence-electron chi connectivity index (χ1n) is 12.1. The average Bonchev–Trinajstić information content (AvgIpc) is 2.77. The van der Waals surface area contributed by atoms with Crippen molar-refractivity contribution in [2.75, 3.05) is 0 Å². The van der Waals surface area contributed by atoms with Crippen molar-refractivity contribution in [1.82, 2.24) is 4.98 Å². The van der Waals surface area contributed by atoms with Crippen LogP contribution in [0.3, 0.4) is 0 Å². The standard InChI is InChI=1S/C21H15FN.C11H20O2.Ir/c1-13-9-14(2)11-16(10-13)21-20-17-6-4-3-5-15(17)12-19(22)18(20)7-8-23-21;1-10(2,3)8(12)7-9(13)11(4,5)6;/h3-10,12H,1-2H3;7,12H,1-6H3;/q-1;;/b;8-7-;. The maximum Gasteiger partial charge on any atom is 0.164 e. The number of ketones is 1. The van der Waals surface area contributed by atoms with E-state index in [1.807, 2.05) is 79.7 Å². The van der Waals surface area contributed by atoms with Crippen LogP contribution in [0.15, 0.2) is 66.6 Å². The number of aliphatic hydroxyl groups excluding tert-OH is 1. The molecule has 0 unspecified atom stereocenters. The Kier molecular flexibility index (Phi) is 9.57. The molecule has 0 aliphatic carbocycles. The molecule has 0 aliphatic heterocycles. The monoisotopic (exact) mass is 677 g/mol. The third kappa shape index (κ3) is 7.34. The number of hydrogen-bond acceptors (Lipinski definition) is 3. The number of aliphatic hydroxyl groups is 1. The molecule has 5 heteroatoms. The Balaban J connectivity index is 0.000000299. The van der Waals surface area contributed by atoms with E-state index < -0.39 is 5.41 Å². The number of rotatable bonds is 2. The number of aromatic nitrogens is 1. The van der Waals surface area contributed by atoms with Crippen molar-refractivity contribution in [2.24, 2.45) is 10.8 Å². The molecular formula is C32H35FIrNO2-. The molecule has 1 heterocycles. The van der Waals surface area contributed by atoms with Crippen LogP contribution >= 0.6 is 0 Å². The Morgan fingerprint density at radius 1 is 0.946 bits per heavy atom. The molecule has 3 nitrogen and oxygen atoms in total. The summed E-state index contributed by atoms with van der Waals surface area (Å²) in [6.07, 6.45) is 3.00. The Hall–Kier alpha value is -2.88. The second-order valence-corrected chi connectivity index (χ2v) is 11.3. The molecule has 0 fully saturated rings. The van der Waals surface area contributed by atoms with E-state index in [2.05, 4.69) is 23.2 Å². The number of carbonyl (C=O) groups excluding carboxylic acids is 1. The van der Waals surface area contributed by atoms with Crippen LogP contribution in [0, 0.1) is 36.6 Å². The van der Waals surface area contributed by atoms with Gasteiger partial charge >= 0.3 is 0 Å². The predicted octanol–water partition coefficient (Wildman–Crippen LogP) is 8.70. The quantitative estimate of drug-likeness (QED) is 0.100. The molecule has 0 saturated heterocycles. The average molecular weight is 677 g/mol. The van der Waals surface area contributed by atoms with Crippen molar-refractivity contribution < 1.29 is 34.4 Å². The summed E-state index contributed by atoms with van der Waals surface area (Å²) in [5, 5.41) is 12.9. The number of aryl methyl sites for hydroxylation is 2. The molecule has 1 radical (unpaired) electrons. The Bertz CT molecular complexity index is 1440. The van der Waals surface area contributed by atoms with Gasteiger partial charge in [0.25, 0.3) is 0 Å². The van der Waals surface area contributed by atoms with Gasteiger partial charge in [0.2, 0.25) is 0 Å². The van der Waals surface area contributed by atoms with Gasteiger partial charge in [-0.3, -0.25) is 4.79 Å². The van der Waals surface area contributed by atoms with E-state index in [0.29, 0.717) is 5.39 Å². The smallest absolute Gasteiger partial charge is 0.164 e. The molecule has 0 spiro atoms. The van der Waals surface area contributed by atoms with Crippen molar-refractivity contribution >= 4 is 27.3 Å². The van der Waals surface area contributed by atoms with E-state index in [9.17, 15) is 14.3 Å². The number of allylic oxidation sites excluding steroid dienone is 2. The number of benzene rings is 3. The summed E-state index contributed by atoms with van der Waals surface area (Å²) in [6, 6.07) is 18.7. The minimum atomic E-state index is -0.417. The normalized spacial score (nSPS) is 12.1. The second kappa shape index (κ2) is 11.7. The Morgan fingerprint density at radius 2 is 1.59 bits per heavy atom. The van der Waals surface area contributed by atoms with Crippen molar-refractivity contribution in [3.8, 4) is 11.3 Å². The zero-order chi connectivity index (χ0) is 26.8. The van der Waals surface area contributed by atoms with Crippen LogP contribution in [-0.4, -0.2) is 15.9 Å². The SMILES string of the molecule is CC(C)(C)C(=O)/C=C(\O)C(C)(C)C.Cc1[c-]c(-c2nccc3c(F)cc4ccccc4c23)cc(C)c1.[Ir]. The molecule has 3 aromatic carbocycles. The number of hydrogen-bond donors (Lipinski definition) is 1. The Labute approximate surface area is 233 Å². The van der Waals surface area contributed by atoms with Gasteiger partial charge in [0.1, 0.15) is 11.6 Å². The largest absolute Gasteiger partial charge is 0.512 e. The molecule has 1 aromatic heterocycles. The van der Waals surface area contributed by atoms with Crippen molar-refractivity contribution in [2.45, 2.75) is 55.4 Å². The van der Waals surface area contributed by atoms with E-state index in [4.69, 9.17) is 0 Å². The topological polar surface area (TPSA) is 50.2 Å². The number of fused-ring (bicyclic) bond motifs is 3. The number of pyridine rings is 1. The van der Waals surface area contributed by atoms with Gasteiger partial charge in [-0.05, 0) is 34.0 Å². The van der Waals surface area contributed by atoms with Crippen LogP contribution in [0.5, 0.6) is 0 Å². The van der Waals surface area contributed by atoms with Gasteiger partial charge in [0.05, 0.1) is 0 Å². The van der Waals surface area contributed by atoms with E-state index in [0.717, 1.165) is 38.5 Å². The fourth-order valence-corrected chi connectivity index (χ4v) is 3.78. The molecule has 0 aliphatic rings. The van der Waals surface area contributed by atoms with Crippen LogP contribution in [0.1, 0.15) is 52.7 Å². The summed E-state index contributed by atoms with van der Waals surface area (Å²) in [4.78, 5) is 16.0. The van der Waals surface area contributed by atoms with Gasteiger partial charge in [-0.25, -0.2) is 4.39 Å². The summed E-state index contributed by atoms with van der Waals surface area (Å²) in [6.45, 7) is 15.2. The number of halogens is 1. The number of carbonyl (C=O) groups is 1. The first-order chi connectivity index (χ1) is 16.7. The summed E-state index contributed by atoms with van der Waals surface area (Å²) in [7, 11) is 0. The van der Waals surface area contributed by atoms with Gasteiger partial charge in [-0.2, -0.15) is 0 Å². The first kappa shape index (κ1) is 30.3. The fraction of sp³-hybridized carbons (Fsp3) is 0.312. The van der Waals surface area contributed by atoms with E-state index >= 15 is 0 Å². The third-order valence-corrected chi connectivity index (χ3v) is 5.90. The van der Waals surface area contributed by atoms with E-state index in [-0.39, 0.29) is 42.9 Å². The maximum absolute atomic E-state index is 14.5. The fourth-order valence-electron chi connectivity index (χ4n) is 3.78. The van der Waals surface area contributed by atoms with Crippen LogP contribution < -0.4 is 0 Å². The molecule has 4 rings (SSSR count). The van der Waals surface area contributed by atoms with Crippen LogP contribution in [0.25, 0.3) is 32.8 Å². The first-order valence-corrected chi connectivity index (χ1v) is 12.1. The molecule has 0 atom stereocenters. The Morgan fingerprint density at radius 3 is 2.19 bits per heavy atom. The number of nitrogens with zero attached hydrogens (tertiary/aromatic N) is 1. The summed E-state index contributed by atoms with van der Waals surface area (Å²) >= 11 is 0. The minimum absolute atomic E-state index is 0. The second-order valence-electron chi connectivity index (χ2n) is 11.3. The van der Waals surface area contributed by atoms with Gasteiger partial charge in [-0.15, -0.1) is 34.9 Å². The van der Waals surface area contributed by atoms with Gasteiger partial charge < -0.3 is 10.1 Å². The molecule has 1 N–H and O–H groups in total. The van der Waals surface area contributed by atoms with E-state index in [1.165, 1.54) is 6.08 Å². The molecular weight excluding hydrogens is 642 g/mol. The van der Waals surface area contributed by atoms with Crippen LogP contribution in [0.2, 0.25) is 0 Å². The zero-order valence-electron chi connectivity index (χ0n) is 22.8. The molecule has 0 amide bonds. The summed E-state index contributed by atoms with van der Waals surface area (Å²) in [5.41, 5.74) is 3.13. The van der Waals surface area contributed by atoms with Gasteiger partial charge in [-0.1, -0.05) is 79.7 Å². The third-order valence-electron chi connectivity index (χ3n) is 5.90. The molecule has 4 aromatic rings.